The molecule has 0 saturated carbocycles. The highest BCUT2D eigenvalue weighted by molar-refractivity contribution is 6.09. The zero-order valence-electron chi connectivity index (χ0n) is 21.6. The third-order valence-corrected chi connectivity index (χ3v) is 7.00. The van der Waals surface area contributed by atoms with Crippen LogP contribution in [0.4, 0.5) is 20.2 Å². The molecular formula is C28H29F2N5O3. The highest BCUT2D eigenvalue weighted by Gasteiger charge is 2.27. The van der Waals surface area contributed by atoms with Gasteiger partial charge in [-0.05, 0) is 42.8 Å². The molecule has 2 aromatic heterocycles. The van der Waals surface area contributed by atoms with Crippen molar-refractivity contribution in [3.8, 4) is 5.75 Å². The predicted octanol–water partition coefficient (Wildman–Crippen LogP) is 4.36. The largest absolute Gasteiger partial charge is 0.494 e. The van der Waals surface area contributed by atoms with Gasteiger partial charge in [-0.2, -0.15) is 0 Å². The number of ketones is 1. The predicted molar refractivity (Wildman–Crippen MR) is 141 cm³/mol. The van der Waals surface area contributed by atoms with E-state index in [-0.39, 0.29) is 22.7 Å². The van der Waals surface area contributed by atoms with Crippen LogP contribution in [0.25, 0.3) is 11.1 Å². The Balaban J connectivity index is 1.37. The number of hydrogen-bond acceptors (Lipinski definition) is 8. The fourth-order valence-electron chi connectivity index (χ4n) is 4.72. The molecule has 1 aliphatic heterocycles. The van der Waals surface area contributed by atoms with Gasteiger partial charge >= 0.3 is 0 Å². The lowest BCUT2D eigenvalue weighted by Gasteiger charge is -2.35. The maximum Gasteiger partial charge on any atom is 0.234 e. The zero-order valence-corrected chi connectivity index (χ0v) is 21.6. The summed E-state index contributed by atoms with van der Waals surface area (Å²) in [6.45, 7) is 8.62. The third-order valence-electron chi connectivity index (χ3n) is 7.00. The number of furan rings is 1. The number of hydrogen-bond donors (Lipinski definition) is 1. The topological polar surface area (TPSA) is 97.7 Å². The fourth-order valence-corrected chi connectivity index (χ4v) is 4.72. The molecule has 5 rings (SSSR count). The Bertz CT molecular complexity index is 1510. The standard InChI is InChI=1S/C28H29F2N5O3/c1-4-34-7-9-35(10-8-34)18-6-5-17(19(31)13-18)12-24-32-15-23-20(33-24)14-22(38-23)28(36)25-26(29)16(2)11-21(37-3)27(25)30/h5-6,11,13-15H,4,7-10,12,31H2,1-3H3. The first-order chi connectivity index (χ1) is 18.3. The first kappa shape index (κ1) is 25.6. The molecule has 198 valence electrons. The second-order valence-electron chi connectivity index (χ2n) is 9.36. The molecule has 1 fully saturated rings. The number of halogens is 2. The van der Waals surface area contributed by atoms with E-state index in [9.17, 15) is 13.6 Å². The number of piperazine rings is 1. The second-order valence-corrected chi connectivity index (χ2v) is 9.36. The summed E-state index contributed by atoms with van der Waals surface area (Å²) in [4.78, 5) is 26.6. The average molecular weight is 522 g/mol. The summed E-state index contributed by atoms with van der Waals surface area (Å²) in [5.41, 5.74) is 8.90. The highest BCUT2D eigenvalue weighted by atomic mass is 19.1. The quantitative estimate of drug-likeness (QED) is 0.283. The molecule has 0 bridgehead atoms. The number of ether oxygens (including phenoxy) is 1. The van der Waals surface area contributed by atoms with E-state index in [1.165, 1.54) is 32.4 Å². The van der Waals surface area contributed by atoms with Gasteiger partial charge in [-0.3, -0.25) is 4.79 Å². The molecule has 1 aliphatic rings. The van der Waals surface area contributed by atoms with Crippen LogP contribution >= 0.6 is 0 Å². The van der Waals surface area contributed by atoms with Crippen LogP contribution in [0.5, 0.6) is 5.75 Å². The fraction of sp³-hybridized carbons (Fsp3) is 0.321. The molecule has 2 N–H and O–H groups in total. The van der Waals surface area contributed by atoms with E-state index in [0.717, 1.165) is 44.0 Å². The van der Waals surface area contributed by atoms with Crippen molar-refractivity contribution in [1.29, 1.82) is 0 Å². The lowest BCUT2D eigenvalue weighted by atomic mass is 10.0. The number of fused-ring (bicyclic) bond motifs is 1. The molecule has 4 aromatic rings. The molecule has 0 aliphatic carbocycles. The third kappa shape index (κ3) is 4.79. The van der Waals surface area contributed by atoms with Crippen LogP contribution < -0.4 is 15.4 Å². The van der Waals surface area contributed by atoms with Crippen LogP contribution in [0.3, 0.4) is 0 Å². The summed E-state index contributed by atoms with van der Waals surface area (Å²) in [5.74, 6) is -2.99. The van der Waals surface area contributed by atoms with Crippen LogP contribution in [-0.4, -0.2) is 60.5 Å². The van der Waals surface area contributed by atoms with Crippen molar-refractivity contribution in [2.24, 2.45) is 0 Å². The van der Waals surface area contributed by atoms with Gasteiger partial charge in [-0.1, -0.05) is 13.0 Å². The van der Waals surface area contributed by atoms with Gasteiger partial charge in [0.1, 0.15) is 22.7 Å². The number of anilines is 2. The maximum atomic E-state index is 14.8. The van der Waals surface area contributed by atoms with Crippen LogP contribution in [0, 0.1) is 18.6 Å². The minimum absolute atomic E-state index is 0.0802. The summed E-state index contributed by atoms with van der Waals surface area (Å²) >= 11 is 0. The second kappa shape index (κ2) is 10.4. The number of benzene rings is 2. The Kier molecular flexibility index (Phi) is 6.98. The van der Waals surface area contributed by atoms with Crippen molar-refractivity contribution in [1.82, 2.24) is 14.9 Å². The van der Waals surface area contributed by atoms with Gasteiger partial charge in [0.15, 0.2) is 22.9 Å². The lowest BCUT2D eigenvalue weighted by Crippen LogP contribution is -2.46. The Labute approximate surface area is 219 Å². The minimum Gasteiger partial charge on any atom is -0.494 e. The summed E-state index contributed by atoms with van der Waals surface area (Å²) in [7, 11) is 1.25. The summed E-state index contributed by atoms with van der Waals surface area (Å²) in [6, 6.07) is 8.57. The lowest BCUT2D eigenvalue weighted by molar-refractivity contribution is 0.100. The van der Waals surface area contributed by atoms with Crippen molar-refractivity contribution in [3.63, 3.8) is 0 Å². The number of nitrogens with zero attached hydrogens (tertiary/aromatic N) is 4. The molecule has 0 atom stereocenters. The first-order valence-corrected chi connectivity index (χ1v) is 12.5. The molecule has 0 radical (unpaired) electrons. The van der Waals surface area contributed by atoms with Gasteiger partial charge in [0.25, 0.3) is 0 Å². The SMILES string of the molecule is CCN1CCN(c2ccc(Cc3ncc4oc(C(=O)c5c(F)c(C)cc(OC)c5F)cc4n3)c(N)c2)CC1. The van der Waals surface area contributed by atoms with Crippen LogP contribution in [0.2, 0.25) is 0 Å². The molecule has 0 unspecified atom stereocenters. The van der Waals surface area contributed by atoms with E-state index >= 15 is 0 Å². The van der Waals surface area contributed by atoms with Gasteiger partial charge in [-0.25, -0.2) is 18.7 Å². The summed E-state index contributed by atoms with van der Waals surface area (Å²) in [5, 5.41) is 0. The first-order valence-electron chi connectivity index (χ1n) is 12.5. The van der Waals surface area contributed by atoms with Crippen molar-refractivity contribution in [3.05, 3.63) is 76.4 Å². The Hall–Kier alpha value is -4.05. The van der Waals surface area contributed by atoms with Gasteiger partial charge in [-0.15, -0.1) is 0 Å². The minimum atomic E-state index is -1.08. The molecule has 0 amide bonds. The molecular weight excluding hydrogens is 492 g/mol. The van der Waals surface area contributed by atoms with Crippen LogP contribution in [-0.2, 0) is 6.42 Å². The zero-order chi connectivity index (χ0) is 27.0. The molecule has 38 heavy (non-hydrogen) atoms. The molecule has 3 heterocycles. The molecule has 0 spiro atoms. The average Bonchev–Trinajstić information content (AvgIpc) is 3.35. The van der Waals surface area contributed by atoms with E-state index in [1.54, 1.807) is 0 Å². The molecule has 1 saturated heterocycles. The summed E-state index contributed by atoms with van der Waals surface area (Å²) < 4.78 is 39.9. The summed E-state index contributed by atoms with van der Waals surface area (Å²) in [6.07, 6.45) is 1.81. The number of rotatable bonds is 7. The highest BCUT2D eigenvalue weighted by Crippen LogP contribution is 2.30. The van der Waals surface area contributed by atoms with Crippen molar-refractivity contribution in [2.45, 2.75) is 20.3 Å². The number of methoxy groups -OCH3 is 1. The van der Waals surface area contributed by atoms with Crippen molar-refractivity contribution < 1.29 is 22.7 Å². The molecule has 8 nitrogen and oxygen atoms in total. The normalized spacial score (nSPS) is 14.3. The Morgan fingerprint density at radius 3 is 2.58 bits per heavy atom. The Morgan fingerprint density at radius 1 is 1.13 bits per heavy atom. The van der Waals surface area contributed by atoms with E-state index in [1.807, 2.05) is 12.1 Å². The Morgan fingerprint density at radius 2 is 1.89 bits per heavy atom. The number of aromatic nitrogens is 2. The van der Waals surface area contributed by atoms with Crippen LogP contribution in [0.1, 0.15) is 40.0 Å². The number of nitrogen functional groups attached to an aromatic ring is 1. The van der Waals surface area contributed by atoms with E-state index in [0.29, 0.717) is 23.4 Å². The van der Waals surface area contributed by atoms with Gasteiger partial charge in [0.2, 0.25) is 5.78 Å². The molecule has 10 heteroatoms. The van der Waals surface area contributed by atoms with Crippen molar-refractivity contribution >= 4 is 28.3 Å². The number of aryl methyl sites for hydroxylation is 1. The number of carbonyl (C=O) groups excluding carboxylic acids is 1. The smallest absolute Gasteiger partial charge is 0.234 e. The van der Waals surface area contributed by atoms with Gasteiger partial charge in [0.05, 0.1) is 13.3 Å². The van der Waals surface area contributed by atoms with E-state index in [4.69, 9.17) is 14.9 Å². The number of nitrogens with two attached hydrogens (primary N) is 1. The monoisotopic (exact) mass is 521 g/mol. The van der Waals surface area contributed by atoms with Crippen molar-refractivity contribution in [2.75, 3.05) is 50.5 Å². The van der Waals surface area contributed by atoms with Gasteiger partial charge < -0.3 is 24.7 Å². The van der Waals surface area contributed by atoms with Crippen LogP contribution in [0.15, 0.2) is 40.9 Å². The van der Waals surface area contributed by atoms with Gasteiger partial charge in [0, 0.05) is 50.0 Å². The maximum absolute atomic E-state index is 14.8. The molecule has 2 aromatic carbocycles. The number of likely N-dealkylation sites (N-methyl/N-ethyl adjacent to an activating group) is 1. The van der Waals surface area contributed by atoms with E-state index in [2.05, 4.69) is 32.8 Å². The van der Waals surface area contributed by atoms with E-state index < -0.39 is 23.0 Å². The number of carbonyl (C=O) groups is 1.